The molecule has 1 aliphatic heterocycles. The number of nitrogens with one attached hydrogen (secondary N) is 1. The van der Waals surface area contributed by atoms with Crippen LogP contribution >= 0.6 is 12.4 Å². The van der Waals surface area contributed by atoms with Gasteiger partial charge in [-0.2, -0.15) is 0 Å². The van der Waals surface area contributed by atoms with E-state index in [2.05, 4.69) is 24.4 Å². The summed E-state index contributed by atoms with van der Waals surface area (Å²) in [5.41, 5.74) is 7.64. The second-order valence-corrected chi connectivity index (χ2v) is 6.88. The van der Waals surface area contributed by atoms with Gasteiger partial charge in [-0.3, -0.25) is 9.59 Å². The Kier molecular flexibility index (Phi) is 8.08. The molecule has 0 saturated carbocycles. The maximum atomic E-state index is 12.8. The number of carbonyl (C=O) groups excluding carboxylic acids is 2. The van der Waals surface area contributed by atoms with Crippen LogP contribution in [0.2, 0.25) is 0 Å². The third-order valence-corrected chi connectivity index (χ3v) is 4.99. The molecule has 1 fully saturated rings. The molecule has 2 amide bonds. The van der Waals surface area contributed by atoms with Gasteiger partial charge < -0.3 is 20.4 Å². The first kappa shape index (κ1) is 22.0. The average molecular weight is 406 g/mol. The molecule has 0 aliphatic carbocycles. The van der Waals surface area contributed by atoms with Crippen molar-refractivity contribution in [2.45, 2.75) is 26.2 Å². The minimum atomic E-state index is -0.190. The number of benzene rings is 1. The molecule has 1 unspecified atom stereocenters. The molecule has 1 atom stereocenters. The lowest BCUT2D eigenvalue weighted by Crippen LogP contribution is -2.46. The molecular formula is C21H28ClN3O3. The quantitative estimate of drug-likeness (QED) is 0.773. The number of carbonyl (C=O) groups is 2. The number of halogens is 1. The van der Waals surface area contributed by atoms with E-state index in [4.69, 9.17) is 10.2 Å². The molecule has 28 heavy (non-hydrogen) atoms. The number of amides is 2. The fraction of sp³-hybridized carbons (Fsp3) is 0.429. The molecule has 0 spiro atoms. The minimum Gasteiger partial charge on any atom is -0.451 e. The molecule has 7 heteroatoms. The zero-order chi connectivity index (χ0) is 19.2. The van der Waals surface area contributed by atoms with Crippen LogP contribution in [0.15, 0.2) is 40.8 Å². The summed E-state index contributed by atoms with van der Waals surface area (Å²) in [5.74, 6) is 0.602. The summed E-state index contributed by atoms with van der Waals surface area (Å²) in [6, 6.07) is 11.7. The Morgan fingerprint density at radius 3 is 2.64 bits per heavy atom. The second-order valence-electron chi connectivity index (χ2n) is 6.88. The van der Waals surface area contributed by atoms with Gasteiger partial charge in [0.15, 0.2) is 5.76 Å². The summed E-state index contributed by atoms with van der Waals surface area (Å²) < 4.78 is 5.81. The van der Waals surface area contributed by atoms with Gasteiger partial charge in [0.25, 0.3) is 5.91 Å². The summed E-state index contributed by atoms with van der Waals surface area (Å²) >= 11 is 0. The molecule has 0 bridgehead atoms. The predicted molar refractivity (Wildman–Crippen MR) is 111 cm³/mol. The number of hydrogen-bond acceptors (Lipinski definition) is 4. The smallest absolute Gasteiger partial charge is 0.289 e. The maximum absolute atomic E-state index is 12.8. The SMILES string of the molecule is CCc1ccc(-c2ccc(C(=O)N3CCCC(C(=O)NCCN)C3)o2)cc1.Cl. The molecule has 152 valence electrons. The topological polar surface area (TPSA) is 88.6 Å². The lowest BCUT2D eigenvalue weighted by Gasteiger charge is -2.31. The summed E-state index contributed by atoms with van der Waals surface area (Å²) in [7, 11) is 0. The number of piperidine rings is 1. The van der Waals surface area contributed by atoms with Crippen LogP contribution in [0.1, 0.15) is 35.9 Å². The van der Waals surface area contributed by atoms with E-state index >= 15 is 0 Å². The highest BCUT2D eigenvalue weighted by Gasteiger charge is 2.30. The lowest BCUT2D eigenvalue weighted by atomic mass is 9.97. The van der Waals surface area contributed by atoms with Crippen LogP contribution in [0.4, 0.5) is 0 Å². The number of furan rings is 1. The average Bonchev–Trinajstić information content (AvgIpc) is 3.21. The van der Waals surface area contributed by atoms with Crippen LogP contribution in [0, 0.1) is 5.92 Å². The summed E-state index contributed by atoms with van der Waals surface area (Å²) in [6.45, 7) is 4.04. The van der Waals surface area contributed by atoms with Gasteiger partial charge in [0, 0.05) is 31.7 Å². The van der Waals surface area contributed by atoms with Crippen molar-refractivity contribution in [2.75, 3.05) is 26.2 Å². The molecule has 1 aromatic carbocycles. The van der Waals surface area contributed by atoms with E-state index in [9.17, 15) is 9.59 Å². The number of nitrogens with two attached hydrogens (primary N) is 1. The summed E-state index contributed by atoms with van der Waals surface area (Å²) in [5, 5.41) is 2.81. The molecule has 2 heterocycles. The van der Waals surface area contributed by atoms with Crippen LogP contribution in [0.25, 0.3) is 11.3 Å². The number of rotatable bonds is 6. The molecule has 1 aliphatic rings. The van der Waals surface area contributed by atoms with E-state index in [0.29, 0.717) is 37.7 Å². The molecular weight excluding hydrogens is 378 g/mol. The molecule has 3 N–H and O–H groups in total. The summed E-state index contributed by atoms with van der Waals surface area (Å²) in [6.07, 6.45) is 2.57. The largest absolute Gasteiger partial charge is 0.451 e. The van der Waals surface area contributed by atoms with E-state index in [1.807, 2.05) is 18.2 Å². The van der Waals surface area contributed by atoms with Crippen LogP contribution in [-0.4, -0.2) is 42.9 Å². The van der Waals surface area contributed by atoms with Crippen molar-refractivity contribution in [3.63, 3.8) is 0 Å². The van der Waals surface area contributed by atoms with Gasteiger partial charge in [0.05, 0.1) is 5.92 Å². The van der Waals surface area contributed by atoms with Gasteiger partial charge in [0.2, 0.25) is 5.91 Å². The second kappa shape index (κ2) is 10.3. The fourth-order valence-corrected chi connectivity index (χ4v) is 3.38. The highest BCUT2D eigenvalue weighted by atomic mass is 35.5. The first-order valence-electron chi connectivity index (χ1n) is 9.58. The maximum Gasteiger partial charge on any atom is 0.289 e. The predicted octanol–water partition coefficient (Wildman–Crippen LogP) is 2.86. The van der Waals surface area contributed by atoms with Crippen LogP contribution in [0.3, 0.4) is 0 Å². The van der Waals surface area contributed by atoms with Gasteiger partial charge in [-0.25, -0.2) is 0 Å². The number of hydrogen-bond donors (Lipinski definition) is 2. The zero-order valence-corrected chi connectivity index (χ0v) is 17.0. The molecule has 1 saturated heterocycles. The fourth-order valence-electron chi connectivity index (χ4n) is 3.38. The highest BCUT2D eigenvalue weighted by molar-refractivity contribution is 5.92. The third kappa shape index (κ3) is 5.14. The van der Waals surface area contributed by atoms with Crippen molar-refractivity contribution in [1.29, 1.82) is 0 Å². The van der Waals surface area contributed by atoms with E-state index in [1.54, 1.807) is 11.0 Å². The monoisotopic (exact) mass is 405 g/mol. The van der Waals surface area contributed by atoms with Crippen LogP contribution < -0.4 is 11.1 Å². The van der Waals surface area contributed by atoms with E-state index < -0.39 is 0 Å². The lowest BCUT2D eigenvalue weighted by molar-refractivity contribution is -0.126. The Labute approximate surface area is 171 Å². The molecule has 2 aromatic rings. The summed E-state index contributed by atoms with van der Waals surface area (Å²) in [4.78, 5) is 26.7. The Morgan fingerprint density at radius 1 is 1.21 bits per heavy atom. The number of nitrogens with zero attached hydrogens (tertiary/aromatic N) is 1. The van der Waals surface area contributed by atoms with E-state index in [1.165, 1.54) is 5.56 Å². The van der Waals surface area contributed by atoms with E-state index in [0.717, 1.165) is 24.8 Å². The van der Waals surface area contributed by atoms with Gasteiger partial charge >= 0.3 is 0 Å². The zero-order valence-electron chi connectivity index (χ0n) is 16.1. The Balaban J connectivity index is 0.00000280. The van der Waals surface area contributed by atoms with Crippen LogP contribution in [0.5, 0.6) is 0 Å². The van der Waals surface area contributed by atoms with Crippen molar-refractivity contribution >= 4 is 24.2 Å². The Morgan fingerprint density at radius 2 is 1.96 bits per heavy atom. The highest BCUT2D eigenvalue weighted by Crippen LogP contribution is 2.25. The first-order chi connectivity index (χ1) is 13.1. The van der Waals surface area contributed by atoms with Gasteiger partial charge in [-0.15, -0.1) is 12.4 Å². The Bertz CT molecular complexity index is 788. The number of likely N-dealkylation sites (tertiary alicyclic amines) is 1. The normalized spacial score (nSPS) is 16.4. The Hall–Kier alpha value is -2.31. The molecule has 6 nitrogen and oxygen atoms in total. The van der Waals surface area contributed by atoms with Crippen molar-refractivity contribution in [3.8, 4) is 11.3 Å². The van der Waals surface area contributed by atoms with Crippen molar-refractivity contribution in [3.05, 3.63) is 47.7 Å². The minimum absolute atomic E-state index is 0. The van der Waals surface area contributed by atoms with Gasteiger partial charge in [0.1, 0.15) is 5.76 Å². The van der Waals surface area contributed by atoms with E-state index in [-0.39, 0.29) is 30.1 Å². The van der Waals surface area contributed by atoms with Crippen molar-refractivity contribution in [2.24, 2.45) is 11.7 Å². The number of aryl methyl sites for hydroxylation is 1. The van der Waals surface area contributed by atoms with Crippen molar-refractivity contribution in [1.82, 2.24) is 10.2 Å². The van der Waals surface area contributed by atoms with Gasteiger partial charge in [-0.1, -0.05) is 31.2 Å². The third-order valence-electron chi connectivity index (χ3n) is 4.99. The standard InChI is InChI=1S/C21H27N3O3.ClH/c1-2-15-5-7-16(8-6-15)18-9-10-19(27-18)21(26)24-13-3-4-17(14-24)20(25)23-12-11-22;/h5-10,17H,2-4,11-14,22H2,1H3,(H,23,25);1H. The molecule has 1 aromatic heterocycles. The molecule has 0 radical (unpaired) electrons. The van der Waals surface area contributed by atoms with Crippen LogP contribution in [-0.2, 0) is 11.2 Å². The first-order valence-corrected chi connectivity index (χ1v) is 9.58. The van der Waals surface area contributed by atoms with Gasteiger partial charge in [-0.05, 0) is 37.0 Å². The van der Waals surface area contributed by atoms with Crippen molar-refractivity contribution < 1.29 is 14.0 Å². The molecule has 3 rings (SSSR count).